The van der Waals surface area contributed by atoms with Crippen molar-refractivity contribution in [3.05, 3.63) is 85.1 Å². The molecule has 0 bridgehead atoms. The number of likely N-dealkylation sites (N-methyl/N-ethyl adjacent to an activating group) is 1. The number of esters is 1. The van der Waals surface area contributed by atoms with Crippen LogP contribution in [0.2, 0.25) is 0 Å². The standard InChI is InChI=1S/C69H125N2O7P/c1-7-10-13-16-19-22-25-28-29-30-31-32-33-34-35-36-37-38-39-40-41-44-47-50-53-56-59-62-69(73)78-67(60-57-54-51-48-45-42-26-23-20-17-14-11-8-2)66(65-77-79(74,75)76-64-63-71(4,5)6)70-68(72)61-58-55-52-49-46-43-27-24-21-18-15-12-9-3/h12,15,18-19,21-22,24,27-29,31-32,57,60,66-67H,7-11,13-14,16-17,20,23,25-26,30,33-56,58-59,61-65H2,1-6H3,(H-,70,72,74,75)/p+1/b15-12+,21-18+,22-19-,27-24-,29-28-,32-31-,60-57-. The molecule has 0 aliphatic rings. The normalized spacial score (nSPS) is 14.2. The third-order valence-electron chi connectivity index (χ3n) is 14.4. The van der Waals surface area contributed by atoms with Crippen molar-refractivity contribution >= 4 is 19.7 Å². The van der Waals surface area contributed by atoms with Crippen molar-refractivity contribution < 1.29 is 37.3 Å². The first kappa shape index (κ1) is 76.2. The number of hydrogen-bond donors (Lipinski definition) is 2. The summed E-state index contributed by atoms with van der Waals surface area (Å²) in [6.45, 7) is 6.85. The number of carbonyl (C=O) groups excluding carboxylic acids is 2. The number of amides is 1. The van der Waals surface area contributed by atoms with Crippen molar-refractivity contribution in [1.29, 1.82) is 0 Å². The molecule has 79 heavy (non-hydrogen) atoms. The molecule has 0 aromatic rings. The van der Waals surface area contributed by atoms with Gasteiger partial charge in [0.1, 0.15) is 19.3 Å². The molecule has 0 radical (unpaired) electrons. The van der Waals surface area contributed by atoms with E-state index in [2.05, 4.69) is 99.0 Å². The summed E-state index contributed by atoms with van der Waals surface area (Å²) in [5.41, 5.74) is 0. The van der Waals surface area contributed by atoms with Crippen LogP contribution in [0.5, 0.6) is 0 Å². The van der Waals surface area contributed by atoms with E-state index in [1.54, 1.807) is 0 Å². The van der Waals surface area contributed by atoms with Gasteiger partial charge in [0, 0.05) is 12.8 Å². The Morgan fingerprint density at radius 1 is 0.468 bits per heavy atom. The summed E-state index contributed by atoms with van der Waals surface area (Å²) in [5.74, 6) is -0.527. The third kappa shape index (κ3) is 59.6. The van der Waals surface area contributed by atoms with Gasteiger partial charge in [0.25, 0.3) is 0 Å². The van der Waals surface area contributed by atoms with Crippen LogP contribution < -0.4 is 5.32 Å². The average Bonchev–Trinajstić information content (AvgIpc) is 3.41. The molecule has 0 heterocycles. The number of carbonyl (C=O) groups is 2. The van der Waals surface area contributed by atoms with Gasteiger partial charge in [0.2, 0.25) is 5.91 Å². The Bertz CT molecular complexity index is 1630. The molecule has 3 atom stereocenters. The number of hydrogen-bond acceptors (Lipinski definition) is 6. The Kier molecular flexibility index (Phi) is 56.3. The molecular formula is C69H126N2O7P+. The largest absolute Gasteiger partial charge is 0.472 e. The van der Waals surface area contributed by atoms with E-state index in [1.807, 2.05) is 33.3 Å². The molecule has 0 aromatic carbocycles. The highest BCUT2D eigenvalue weighted by Crippen LogP contribution is 2.43. The first-order chi connectivity index (χ1) is 38.4. The van der Waals surface area contributed by atoms with E-state index in [9.17, 15) is 19.0 Å². The predicted octanol–water partition coefficient (Wildman–Crippen LogP) is 20.6. The van der Waals surface area contributed by atoms with Crippen LogP contribution in [-0.4, -0.2) is 74.3 Å². The Morgan fingerprint density at radius 3 is 1.34 bits per heavy atom. The van der Waals surface area contributed by atoms with Crippen LogP contribution in [0.15, 0.2) is 85.1 Å². The van der Waals surface area contributed by atoms with Gasteiger partial charge in [-0.05, 0) is 89.5 Å². The van der Waals surface area contributed by atoms with Gasteiger partial charge in [-0.1, -0.05) is 273 Å². The van der Waals surface area contributed by atoms with Gasteiger partial charge < -0.3 is 19.4 Å². The summed E-state index contributed by atoms with van der Waals surface area (Å²) in [6.07, 6.45) is 77.4. The van der Waals surface area contributed by atoms with Crippen molar-refractivity contribution in [2.45, 2.75) is 303 Å². The summed E-state index contributed by atoms with van der Waals surface area (Å²) in [7, 11) is 1.48. The Morgan fingerprint density at radius 2 is 0.861 bits per heavy atom. The maximum absolute atomic E-state index is 13.5. The molecule has 0 fully saturated rings. The lowest BCUT2D eigenvalue weighted by atomic mass is 10.0. The lowest BCUT2D eigenvalue weighted by Gasteiger charge is -2.27. The quantitative estimate of drug-likeness (QED) is 0.0156. The van der Waals surface area contributed by atoms with Crippen molar-refractivity contribution in [1.82, 2.24) is 5.32 Å². The van der Waals surface area contributed by atoms with Gasteiger partial charge in [-0.2, -0.15) is 0 Å². The summed E-state index contributed by atoms with van der Waals surface area (Å²) < 4.78 is 30.7. The van der Waals surface area contributed by atoms with E-state index in [-0.39, 0.29) is 31.5 Å². The molecule has 2 N–H and O–H groups in total. The molecule has 0 saturated heterocycles. The fourth-order valence-electron chi connectivity index (χ4n) is 9.30. The topological polar surface area (TPSA) is 111 Å². The number of unbranched alkanes of at least 4 members (excludes halogenated alkanes) is 33. The highest BCUT2D eigenvalue weighted by molar-refractivity contribution is 7.47. The van der Waals surface area contributed by atoms with Crippen LogP contribution in [-0.2, 0) is 27.9 Å². The minimum atomic E-state index is -4.46. The van der Waals surface area contributed by atoms with Crippen molar-refractivity contribution in [3.63, 3.8) is 0 Å². The molecule has 0 aromatic heterocycles. The van der Waals surface area contributed by atoms with E-state index in [4.69, 9.17) is 13.8 Å². The van der Waals surface area contributed by atoms with Gasteiger partial charge in [-0.25, -0.2) is 4.57 Å². The van der Waals surface area contributed by atoms with E-state index in [0.29, 0.717) is 17.4 Å². The van der Waals surface area contributed by atoms with Crippen LogP contribution in [0.3, 0.4) is 0 Å². The maximum Gasteiger partial charge on any atom is 0.472 e. The van der Waals surface area contributed by atoms with Crippen LogP contribution >= 0.6 is 7.82 Å². The van der Waals surface area contributed by atoms with E-state index in [0.717, 1.165) is 96.3 Å². The second-order valence-corrected chi connectivity index (χ2v) is 24.8. The minimum absolute atomic E-state index is 0.0334. The number of nitrogens with zero attached hydrogens (tertiary/aromatic N) is 1. The molecule has 458 valence electrons. The SMILES string of the molecule is CC/C=C/C=C/C=C\CCCCCCCC(=O)NC(COP(=O)(O)OCC[N+](C)(C)C)C(/C=C\CCCCCCCCCCCCC)OC(=O)CCCCCCCCCCCCCCCC/C=C\C/C=C\C/C=C\CCCCC. The Hall–Kier alpha value is -2.81. The molecule has 9 nitrogen and oxygen atoms in total. The number of ether oxygens (including phenoxy) is 1. The summed E-state index contributed by atoms with van der Waals surface area (Å²) in [6, 6.07) is -0.862. The smallest absolute Gasteiger partial charge is 0.456 e. The zero-order valence-electron chi connectivity index (χ0n) is 52.3. The highest BCUT2D eigenvalue weighted by atomic mass is 31.2. The van der Waals surface area contributed by atoms with Crippen LogP contribution in [0.25, 0.3) is 0 Å². The summed E-state index contributed by atoms with van der Waals surface area (Å²) in [4.78, 5) is 37.7. The fourth-order valence-corrected chi connectivity index (χ4v) is 10.0. The zero-order chi connectivity index (χ0) is 57.9. The molecule has 0 spiro atoms. The van der Waals surface area contributed by atoms with Crippen molar-refractivity contribution in [3.8, 4) is 0 Å². The van der Waals surface area contributed by atoms with Crippen molar-refractivity contribution in [2.75, 3.05) is 40.9 Å². The molecular weight excluding hydrogens is 1000 g/mol. The maximum atomic E-state index is 13.5. The highest BCUT2D eigenvalue weighted by Gasteiger charge is 2.30. The number of phosphoric acid groups is 1. The van der Waals surface area contributed by atoms with E-state index < -0.39 is 20.0 Å². The Labute approximate surface area is 488 Å². The molecule has 0 saturated carbocycles. The lowest BCUT2D eigenvalue weighted by molar-refractivity contribution is -0.870. The molecule has 10 heteroatoms. The third-order valence-corrected chi connectivity index (χ3v) is 15.4. The lowest BCUT2D eigenvalue weighted by Crippen LogP contribution is -2.47. The fraction of sp³-hybridized carbons (Fsp3) is 0.768. The molecule has 1 amide bonds. The number of rotatable bonds is 59. The first-order valence-corrected chi connectivity index (χ1v) is 34.4. The molecule has 0 aliphatic heterocycles. The zero-order valence-corrected chi connectivity index (χ0v) is 53.2. The van der Waals surface area contributed by atoms with Crippen LogP contribution in [0.1, 0.15) is 290 Å². The van der Waals surface area contributed by atoms with Crippen LogP contribution in [0, 0.1) is 0 Å². The second-order valence-electron chi connectivity index (χ2n) is 23.3. The molecule has 3 unspecified atom stereocenters. The number of nitrogens with one attached hydrogen (secondary N) is 1. The average molecular weight is 1130 g/mol. The van der Waals surface area contributed by atoms with Gasteiger partial charge in [0.05, 0.1) is 33.8 Å². The summed E-state index contributed by atoms with van der Waals surface area (Å²) >= 11 is 0. The number of quaternary nitrogens is 1. The Balaban J connectivity index is 5.07. The van der Waals surface area contributed by atoms with E-state index in [1.165, 1.54) is 161 Å². The van der Waals surface area contributed by atoms with Crippen molar-refractivity contribution in [2.24, 2.45) is 0 Å². The van der Waals surface area contributed by atoms with Crippen LogP contribution in [0.4, 0.5) is 0 Å². The van der Waals surface area contributed by atoms with Gasteiger partial charge in [0.15, 0.2) is 0 Å². The monoisotopic (exact) mass is 1130 g/mol. The van der Waals surface area contributed by atoms with Gasteiger partial charge in [-0.15, -0.1) is 0 Å². The van der Waals surface area contributed by atoms with Gasteiger partial charge in [-0.3, -0.25) is 18.6 Å². The first-order valence-electron chi connectivity index (χ1n) is 32.9. The predicted molar refractivity (Wildman–Crippen MR) is 341 cm³/mol. The number of allylic oxidation sites excluding steroid dienone is 13. The number of phosphoric ester groups is 1. The van der Waals surface area contributed by atoms with Gasteiger partial charge >= 0.3 is 13.8 Å². The molecule has 0 rings (SSSR count). The second kappa shape index (κ2) is 58.4. The minimum Gasteiger partial charge on any atom is -0.456 e. The van der Waals surface area contributed by atoms with E-state index >= 15 is 0 Å². The molecule has 0 aliphatic carbocycles. The summed E-state index contributed by atoms with van der Waals surface area (Å²) in [5, 5.41) is 3.05.